The summed E-state index contributed by atoms with van der Waals surface area (Å²) in [5, 5.41) is 9.02. The van der Waals surface area contributed by atoms with Crippen molar-refractivity contribution < 1.29 is 14.7 Å². The Kier molecular flexibility index (Phi) is 2.78. The molecule has 1 aliphatic heterocycles. The summed E-state index contributed by atoms with van der Waals surface area (Å²) in [7, 11) is 0. The number of carbonyl (C=O) groups excluding carboxylic acids is 2. The Labute approximate surface area is 89.3 Å². The van der Waals surface area contributed by atoms with E-state index in [1.165, 1.54) is 4.90 Å². The zero-order chi connectivity index (χ0) is 11.0. The van der Waals surface area contributed by atoms with Gasteiger partial charge in [-0.05, 0) is 19.8 Å². The number of likely N-dealkylation sites (tertiary alicyclic amines) is 1. The number of rotatable bonds is 2. The second-order valence-electron chi connectivity index (χ2n) is 4.58. The highest BCUT2D eigenvalue weighted by Gasteiger charge is 2.49. The van der Waals surface area contributed by atoms with Crippen LogP contribution < -0.4 is 0 Å². The van der Waals surface area contributed by atoms with E-state index in [4.69, 9.17) is 5.11 Å². The number of imide groups is 1. The molecule has 0 aromatic rings. The van der Waals surface area contributed by atoms with Gasteiger partial charge in [-0.1, -0.05) is 12.8 Å². The van der Waals surface area contributed by atoms with Crippen LogP contribution in [0.15, 0.2) is 0 Å². The fourth-order valence-electron chi connectivity index (χ4n) is 2.70. The van der Waals surface area contributed by atoms with E-state index in [-0.39, 0.29) is 36.3 Å². The lowest BCUT2D eigenvalue weighted by molar-refractivity contribution is -0.143. The summed E-state index contributed by atoms with van der Waals surface area (Å²) in [6, 6.07) is -0.365. The average molecular weight is 211 g/mol. The molecule has 4 heteroatoms. The van der Waals surface area contributed by atoms with E-state index in [1.54, 1.807) is 6.92 Å². The van der Waals surface area contributed by atoms with Crippen molar-refractivity contribution in [2.24, 2.45) is 11.8 Å². The highest BCUT2D eigenvalue weighted by molar-refractivity contribution is 6.05. The smallest absolute Gasteiger partial charge is 0.233 e. The largest absolute Gasteiger partial charge is 0.394 e. The van der Waals surface area contributed by atoms with Crippen molar-refractivity contribution in [2.75, 3.05) is 6.61 Å². The van der Waals surface area contributed by atoms with Crippen LogP contribution in [0.1, 0.15) is 32.6 Å². The predicted octanol–water partition coefficient (Wildman–Crippen LogP) is 0.542. The molecule has 3 unspecified atom stereocenters. The van der Waals surface area contributed by atoms with Crippen molar-refractivity contribution >= 4 is 11.8 Å². The Morgan fingerprint density at radius 3 is 2.13 bits per heavy atom. The van der Waals surface area contributed by atoms with Crippen LogP contribution in [-0.4, -0.2) is 34.5 Å². The van der Waals surface area contributed by atoms with Crippen LogP contribution in [-0.2, 0) is 9.59 Å². The summed E-state index contributed by atoms with van der Waals surface area (Å²) in [6.45, 7) is 1.57. The van der Waals surface area contributed by atoms with Crippen LogP contribution in [0.3, 0.4) is 0 Å². The van der Waals surface area contributed by atoms with Gasteiger partial charge in [-0.25, -0.2) is 0 Å². The predicted molar refractivity (Wildman–Crippen MR) is 53.8 cm³/mol. The van der Waals surface area contributed by atoms with Crippen molar-refractivity contribution in [3.8, 4) is 0 Å². The van der Waals surface area contributed by atoms with E-state index in [1.807, 2.05) is 0 Å². The van der Waals surface area contributed by atoms with Crippen LogP contribution >= 0.6 is 0 Å². The van der Waals surface area contributed by atoms with Crippen molar-refractivity contribution in [1.82, 2.24) is 4.90 Å². The second kappa shape index (κ2) is 3.93. The van der Waals surface area contributed by atoms with Gasteiger partial charge in [0, 0.05) is 0 Å². The molecule has 2 rings (SSSR count). The first kappa shape index (κ1) is 10.6. The van der Waals surface area contributed by atoms with Gasteiger partial charge in [0.25, 0.3) is 0 Å². The molecule has 0 aromatic carbocycles. The molecule has 1 heterocycles. The van der Waals surface area contributed by atoms with E-state index in [2.05, 4.69) is 0 Å². The summed E-state index contributed by atoms with van der Waals surface area (Å²) in [4.78, 5) is 25.2. The second-order valence-corrected chi connectivity index (χ2v) is 4.58. The summed E-state index contributed by atoms with van der Waals surface area (Å²) in [5.41, 5.74) is 0. The molecule has 1 aliphatic carbocycles. The van der Waals surface area contributed by atoms with Gasteiger partial charge in [-0.2, -0.15) is 0 Å². The third kappa shape index (κ3) is 1.57. The number of aliphatic hydroxyl groups is 1. The van der Waals surface area contributed by atoms with E-state index in [0.29, 0.717) is 0 Å². The molecule has 1 N–H and O–H groups in total. The molecular weight excluding hydrogens is 194 g/mol. The van der Waals surface area contributed by atoms with Crippen LogP contribution in [0.25, 0.3) is 0 Å². The van der Waals surface area contributed by atoms with Gasteiger partial charge in [0.15, 0.2) is 0 Å². The van der Waals surface area contributed by atoms with Crippen molar-refractivity contribution in [2.45, 2.75) is 38.6 Å². The normalized spacial score (nSPS) is 33.1. The molecule has 0 bridgehead atoms. The van der Waals surface area contributed by atoms with E-state index < -0.39 is 0 Å². The quantitative estimate of drug-likeness (QED) is 0.678. The fraction of sp³-hybridized carbons (Fsp3) is 0.818. The molecule has 3 atom stereocenters. The standard InChI is InChI=1S/C11H17NO3/c1-7(6-13)12-10(14)8-4-2-3-5-9(8)11(12)15/h7-9,13H,2-6H2,1H3. The first-order chi connectivity index (χ1) is 7.16. The lowest BCUT2D eigenvalue weighted by Gasteiger charge is -2.20. The molecule has 0 radical (unpaired) electrons. The lowest BCUT2D eigenvalue weighted by Crippen LogP contribution is -2.40. The molecular formula is C11H17NO3. The zero-order valence-corrected chi connectivity index (χ0v) is 8.98. The number of amides is 2. The Bertz CT molecular complexity index is 266. The number of hydrogen-bond donors (Lipinski definition) is 1. The van der Waals surface area contributed by atoms with Crippen LogP contribution in [0.4, 0.5) is 0 Å². The molecule has 0 spiro atoms. The minimum atomic E-state index is -0.365. The van der Waals surface area contributed by atoms with Crippen LogP contribution in [0, 0.1) is 11.8 Å². The van der Waals surface area contributed by atoms with Gasteiger partial charge >= 0.3 is 0 Å². The molecule has 2 aliphatic rings. The fourth-order valence-corrected chi connectivity index (χ4v) is 2.70. The van der Waals surface area contributed by atoms with Crippen LogP contribution in [0.2, 0.25) is 0 Å². The van der Waals surface area contributed by atoms with Gasteiger partial charge in [0.1, 0.15) is 0 Å². The monoisotopic (exact) mass is 211 g/mol. The molecule has 1 saturated heterocycles. The maximum atomic E-state index is 11.9. The molecule has 2 amide bonds. The van der Waals surface area contributed by atoms with Crippen molar-refractivity contribution in [1.29, 1.82) is 0 Å². The highest BCUT2D eigenvalue weighted by atomic mass is 16.3. The van der Waals surface area contributed by atoms with Gasteiger partial charge < -0.3 is 5.11 Å². The van der Waals surface area contributed by atoms with Gasteiger partial charge in [-0.15, -0.1) is 0 Å². The van der Waals surface area contributed by atoms with Gasteiger partial charge in [0.2, 0.25) is 11.8 Å². The molecule has 2 fully saturated rings. The topological polar surface area (TPSA) is 57.6 Å². The van der Waals surface area contributed by atoms with Gasteiger partial charge in [-0.3, -0.25) is 14.5 Å². The first-order valence-electron chi connectivity index (χ1n) is 5.64. The minimum absolute atomic E-state index is 0.0637. The summed E-state index contributed by atoms with van der Waals surface area (Å²) in [5.74, 6) is -0.321. The van der Waals surface area contributed by atoms with E-state index in [0.717, 1.165) is 25.7 Å². The Morgan fingerprint density at radius 1 is 1.27 bits per heavy atom. The van der Waals surface area contributed by atoms with E-state index in [9.17, 15) is 9.59 Å². The molecule has 1 saturated carbocycles. The number of aliphatic hydroxyl groups excluding tert-OH is 1. The SMILES string of the molecule is CC(CO)N1C(=O)C2CCCCC2C1=O. The maximum absolute atomic E-state index is 11.9. The summed E-state index contributed by atoms with van der Waals surface area (Å²) < 4.78 is 0. The minimum Gasteiger partial charge on any atom is -0.394 e. The third-order valence-electron chi connectivity index (χ3n) is 3.58. The highest BCUT2D eigenvalue weighted by Crippen LogP contribution is 2.38. The average Bonchev–Trinajstić information content (AvgIpc) is 2.52. The Hall–Kier alpha value is -0.900. The molecule has 0 aromatic heterocycles. The molecule has 84 valence electrons. The van der Waals surface area contributed by atoms with Crippen molar-refractivity contribution in [3.05, 3.63) is 0 Å². The lowest BCUT2D eigenvalue weighted by atomic mass is 9.81. The number of fused-ring (bicyclic) bond motifs is 1. The van der Waals surface area contributed by atoms with Gasteiger partial charge in [0.05, 0.1) is 24.5 Å². The third-order valence-corrected chi connectivity index (χ3v) is 3.58. The summed E-state index contributed by atoms with van der Waals surface area (Å²) >= 11 is 0. The number of hydrogen-bond acceptors (Lipinski definition) is 3. The first-order valence-corrected chi connectivity index (χ1v) is 5.64. The number of carbonyl (C=O) groups is 2. The summed E-state index contributed by atoms with van der Waals surface area (Å²) in [6.07, 6.45) is 3.76. The Balaban J connectivity index is 2.21. The zero-order valence-electron chi connectivity index (χ0n) is 8.98. The van der Waals surface area contributed by atoms with Crippen molar-refractivity contribution in [3.63, 3.8) is 0 Å². The Morgan fingerprint density at radius 2 is 1.73 bits per heavy atom. The number of nitrogens with zero attached hydrogens (tertiary/aromatic N) is 1. The maximum Gasteiger partial charge on any atom is 0.233 e. The molecule has 4 nitrogen and oxygen atoms in total. The van der Waals surface area contributed by atoms with E-state index >= 15 is 0 Å². The van der Waals surface area contributed by atoms with Crippen LogP contribution in [0.5, 0.6) is 0 Å². The molecule has 15 heavy (non-hydrogen) atoms.